The van der Waals surface area contributed by atoms with E-state index in [1.54, 1.807) is 22.4 Å². The molecular formula is C23H19N5O2S2. The molecule has 4 heterocycles. The van der Waals surface area contributed by atoms with Gasteiger partial charge in [0.2, 0.25) is 16.9 Å². The molecule has 2 amide bonds. The number of benzene rings is 1. The van der Waals surface area contributed by atoms with Crippen molar-refractivity contribution in [3.8, 4) is 10.7 Å². The molecule has 4 aromatic rings. The maximum Gasteiger partial charge on any atom is 0.232 e. The maximum absolute atomic E-state index is 13.3. The number of amides is 2. The van der Waals surface area contributed by atoms with Gasteiger partial charge in [-0.3, -0.25) is 14.6 Å². The molecule has 1 saturated heterocycles. The molecule has 0 radical (unpaired) electrons. The van der Waals surface area contributed by atoms with Crippen molar-refractivity contribution in [3.63, 3.8) is 0 Å². The quantitative estimate of drug-likeness (QED) is 0.465. The van der Waals surface area contributed by atoms with Gasteiger partial charge in [0, 0.05) is 23.2 Å². The maximum atomic E-state index is 13.3. The van der Waals surface area contributed by atoms with Crippen LogP contribution in [-0.2, 0) is 9.59 Å². The second-order valence-corrected chi connectivity index (χ2v) is 9.44. The molecule has 9 heteroatoms. The molecule has 5 rings (SSSR count). The fourth-order valence-electron chi connectivity index (χ4n) is 3.83. The number of thiophene rings is 1. The van der Waals surface area contributed by atoms with Crippen LogP contribution >= 0.6 is 22.7 Å². The summed E-state index contributed by atoms with van der Waals surface area (Å²) in [6.45, 7) is 2.00. The SMILES string of the molecule is Cc1ccc(N2C(=O)CC(C(=O)Nc3nnc(-c4ccccn4)s3)C2c2cccs2)cc1. The predicted molar refractivity (Wildman–Crippen MR) is 126 cm³/mol. The second kappa shape index (κ2) is 8.60. The average molecular weight is 462 g/mol. The number of pyridine rings is 1. The van der Waals surface area contributed by atoms with E-state index in [2.05, 4.69) is 20.5 Å². The van der Waals surface area contributed by atoms with Crippen LogP contribution in [0.3, 0.4) is 0 Å². The van der Waals surface area contributed by atoms with E-state index >= 15 is 0 Å². The third-order valence-corrected chi connectivity index (χ3v) is 7.15. The molecule has 7 nitrogen and oxygen atoms in total. The Labute approximate surface area is 192 Å². The van der Waals surface area contributed by atoms with Gasteiger partial charge in [-0.05, 0) is 42.6 Å². The Kier molecular flexibility index (Phi) is 5.50. The van der Waals surface area contributed by atoms with Crippen LogP contribution in [0.2, 0.25) is 0 Å². The number of carbonyl (C=O) groups is 2. The van der Waals surface area contributed by atoms with Crippen LogP contribution in [0.15, 0.2) is 66.2 Å². The summed E-state index contributed by atoms with van der Waals surface area (Å²) in [4.78, 5) is 33.3. The van der Waals surface area contributed by atoms with E-state index in [0.717, 1.165) is 16.1 Å². The fourth-order valence-corrected chi connectivity index (χ4v) is 5.43. The molecule has 1 aliphatic heterocycles. The molecular weight excluding hydrogens is 442 g/mol. The molecule has 0 bridgehead atoms. The standard InChI is InChI=1S/C23H19N5O2S2/c1-14-7-9-15(10-8-14)28-19(29)13-16(20(28)18-6-4-12-31-18)21(30)25-23-27-26-22(32-23)17-5-2-3-11-24-17/h2-12,16,20H,13H2,1H3,(H,25,27,30). The van der Waals surface area contributed by atoms with Gasteiger partial charge in [0.05, 0.1) is 12.0 Å². The van der Waals surface area contributed by atoms with Gasteiger partial charge in [0.25, 0.3) is 0 Å². The number of nitrogens with zero attached hydrogens (tertiary/aromatic N) is 4. The highest BCUT2D eigenvalue weighted by molar-refractivity contribution is 7.18. The van der Waals surface area contributed by atoms with Gasteiger partial charge in [0.1, 0.15) is 5.69 Å². The molecule has 1 N–H and O–H groups in total. The van der Waals surface area contributed by atoms with Gasteiger partial charge in [-0.2, -0.15) is 0 Å². The van der Waals surface area contributed by atoms with Gasteiger partial charge in [0.15, 0.2) is 5.01 Å². The van der Waals surface area contributed by atoms with Crippen LogP contribution in [0.5, 0.6) is 0 Å². The third-order valence-electron chi connectivity index (χ3n) is 5.35. The summed E-state index contributed by atoms with van der Waals surface area (Å²) in [5.74, 6) is -0.849. The summed E-state index contributed by atoms with van der Waals surface area (Å²) < 4.78 is 0. The van der Waals surface area contributed by atoms with Crippen molar-refractivity contribution in [2.45, 2.75) is 19.4 Å². The highest BCUT2D eigenvalue weighted by atomic mass is 32.1. The lowest BCUT2D eigenvalue weighted by molar-refractivity contribution is -0.122. The first-order valence-electron chi connectivity index (χ1n) is 10.1. The lowest BCUT2D eigenvalue weighted by Gasteiger charge is -2.27. The van der Waals surface area contributed by atoms with Crippen LogP contribution in [0.4, 0.5) is 10.8 Å². The Morgan fingerprint density at radius 1 is 1.09 bits per heavy atom. The molecule has 160 valence electrons. The van der Waals surface area contributed by atoms with Gasteiger partial charge < -0.3 is 10.2 Å². The first kappa shape index (κ1) is 20.5. The van der Waals surface area contributed by atoms with E-state index in [4.69, 9.17) is 0 Å². The lowest BCUT2D eigenvalue weighted by Crippen LogP contribution is -2.31. The topological polar surface area (TPSA) is 88.1 Å². The number of rotatable bonds is 5. The number of hydrogen-bond acceptors (Lipinski definition) is 7. The number of hydrogen-bond donors (Lipinski definition) is 1. The van der Waals surface area contributed by atoms with Crippen molar-refractivity contribution in [1.82, 2.24) is 15.2 Å². The Morgan fingerprint density at radius 2 is 1.94 bits per heavy atom. The second-order valence-electron chi connectivity index (χ2n) is 7.49. The van der Waals surface area contributed by atoms with Crippen LogP contribution in [0.1, 0.15) is 22.9 Å². The first-order chi connectivity index (χ1) is 15.6. The molecule has 1 fully saturated rings. The minimum Gasteiger partial charge on any atom is -0.303 e. The number of aryl methyl sites for hydroxylation is 1. The molecule has 0 spiro atoms. The van der Waals surface area contributed by atoms with Crippen LogP contribution < -0.4 is 10.2 Å². The summed E-state index contributed by atoms with van der Waals surface area (Å²) in [6.07, 6.45) is 1.82. The molecule has 2 unspecified atom stereocenters. The van der Waals surface area contributed by atoms with E-state index in [9.17, 15) is 9.59 Å². The minimum atomic E-state index is -0.537. The van der Waals surface area contributed by atoms with E-state index in [0.29, 0.717) is 15.8 Å². The van der Waals surface area contributed by atoms with Crippen LogP contribution in [0, 0.1) is 12.8 Å². The van der Waals surface area contributed by atoms with Crippen molar-refractivity contribution >= 4 is 45.3 Å². The molecule has 1 aliphatic rings. The van der Waals surface area contributed by atoms with E-state index in [1.165, 1.54) is 11.3 Å². The summed E-state index contributed by atoms with van der Waals surface area (Å²) in [6, 6.07) is 16.9. The van der Waals surface area contributed by atoms with Gasteiger partial charge in [-0.15, -0.1) is 21.5 Å². The number of nitrogens with one attached hydrogen (secondary N) is 1. The average Bonchev–Trinajstić information content (AvgIpc) is 3.55. The van der Waals surface area contributed by atoms with E-state index in [-0.39, 0.29) is 24.3 Å². The number of anilines is 2. The Morgan fingerprint density at radius 3 is 2.66 bits per heavy atom. The summed E-state index contributed by atoms with van der Waals surface area (Å²) in [5, 5.41) is 14.1. The lowest BCUT2D eigenvalue weighted by atomic mass is 9.97. The molecule has 0 aliphatic carbocycles. The zero-order valence-corrected chi connectivity index (χ0v) is 18.8. The Balaban J connectivity index is 1.42. The number of aromatic nitrogens is 3. The predicted octanol–water partition coefficient (Wildman–Crippen LogP) is 4.70. The zero-order chi connectivity index (χ0) is 22.1. The smallest absolute Gasteiger partial charge is 0.232 e. The van der Waals surface area contributed by atoms with Gasteiger partial charge in [-0.25, -0.2) is 0 Å². The molecule has 0 saturated carbocycles. The van der Waals surface area contributed by atoms with Crippen molar-refractivity contribution in [2.24, 2.45) is 5.92 Å². The third kappa shape index (κ3) is 3.92. The van der Waals surface area contributed by atoms with Crippen molar-refractivity contribution in [3.05, 3.63) is 76.6 Å². The fraction of sp³-hybridized carbons (Fsp3) is 0.174. The highest BCUT2D eigenvalue weighted by Gasteiger charge is 2.46. The normalized spacial score (nSPS) is 18.2. The van der Waals surface area contributed by atoms with Gasteiger partial charge >= 0.3 is 0 Å². The van der Waals surface area contributed by atoms with Crippen LogP contribution in [0.25, 0.3) is 10.7 Å². The van der Waals surface area contributed by atoms with Crippen LogP contribution in [-0.4, -0.2) is 27.0 Å². The number of carbonyl (C=O) groups excluding carboxylic acids is 2. The van der Waals surface area contributed by atoms with Crippen molar-refractivity contribution in [2.75, 3.05) is 10.2 Å². The molecule has 2 atom stereocenters. The molecule has 32 heavy (non-hydrogen) atoms. The monoisotopic (exact) mass is 461 g/mol. The first-order valence-corrected chi connectivity index (χ1v) is 11.8. The molecule has 3 aromatic heterocycles. The largest absolute Gasteiger partial charge is 0.303 e. The Hall–Kier alpha value is -3.43. The van der Waals surface area contributed by atoms with Gasteiger partial charge in [-0.1, -0.05) is 41.2 Å². The molecule has 1 aromatic carbocycles. The van der Waals surface area contributed by atoms with E-state index in [1.807, 2.05) is 66.9 Å². The zero-order valence-electron chi connectivity index (χ0n) is 17.1. The van der Waals surface area contributed by atoms with E-state index < -0.39 is 5.92 Å². The highest BCUT2D eigenvalue weighted by Crippen LogP contribution is 2.43. The summed E-state index contributed by atoms with van der Waals surface area (Å²) in [7, 11) is 0. The summed E-state index contributed by atoms with van der Waals surface area (Å²) >= 11 is 2.80. The summed E-state index contributed by atoms with van der Waals surface area (Å²) in [5.41, 5.74) is 2.61. The van der Waals surface area contributed by atoms with Crippen molar-refractivity contribution in [1.29, 1.82) is 0 Å². The van der Waals surface area contributed by atoms with Crippen molar-refractivity contribution < 1.29 is 9.59 Å². The minimum absolute atomic E-state index is 0.0705. The Bertz CT molecular complexity index is 1240.